The van der Waals surface area contributed by atoms with Crippen molar-refractivity contribution in [2.24, 2.45) is 5.92 Å². The molecule has 4 rings (SSSR count). The topological polar surface area (TPSA) is 96.5 Å². The van der Waals surface area contributed by atoms with Crippen molar-refractivity contribution in [3.8, 4) is 22.3 Å². The Morgan fingerprint density at radius 1 is 1.42 bits per heavy atom. The van der Waals surface area contributed by atoms with E-state index in [1.165, 1.54) is 17.7 Å². The molecule has 1 aliphatic carbocycles. The molecular formula is C16H12N6OS. The summed E-state index contributed by atoms with van der Waals surface area (Å²) in [6.45, 7) is 0. The van der Waals surface area contributed by atoms with Gasteiger partial charge < -0.3 is 5.32 Å². The summed E-state index contributed by atoms with van der Waals surface area (Å²) in [7, 11) is 0. The van der Waals surface area contributed by atoms with E-state index < -0.39 is 0 Å². The van der Waals surface area contributed by atoms with Crippen molar-refractivity contribution in [2.75, 3.05) is 5.32 Å². The van der Waals surface area contributed by atoms with Gasteiger partial charge in [0.15, 0.2) is 5.13 Å². The van der Waals surface area contributed by atoms with Crippen molar-refractivity contribution in [1.29, 1.82) is 5.26 Å². The van der Waals surface area contributed by atoms with Gasteiger partial charge in [0.1, 0.15) is 23.3 Å². The lowest BCUT2D eigenvalue weighted by Gasteiger charge is -2.01. The molecule has 1 amide bonds. The van der Waals surface area contributed by atoms with Gasteiger partial charge in [-0.25, -0.2) is 14.6 Å². The number of carbonyl (C=O) groups is 1. The molecule has 2 heterocycles. The number of aromatic nitrogens is 4. The zero-order valence-electron chi connectivity index (χ0n) is 12.5. The van der Waals surface area contributed by atoms with Crippen molar-refractivity contribution in [3.63, 3.8) is 0 Å². The summed E-state index contributed by atoms with van der Waals surface area (Å²) in [6.07, 6.45) is 4.89. The third-order valence-electron chi connectivity index (χ3n) is 3.68. The first-order valence-electron chi connectivity index (χ1n) is 7.42. The van der Waals surface area contributed by atoms with Gasteiger partial charge in [0, 0.05) is 11.5 Å². The fraction of sp³-hybridized carbons (Fsp3) is 0.188. The Balaban J connectivity index is 1.77. The highest BCUT2D eigenvalue weighted by molar-refractivity contribution is 7.18. The molecule has 2 aromatic heterocycles. The van der Waals surface area contributed by atoms with Gasteiger partial charge in [0.05, 0.1) is 11.6 Å². The highest BCUT2D eigenvalue weighted by atomic mass is 32.1. The number of anilines is 1. The smallest absolute Gasteiger partial charge is 0.229 e. The predicted octanol–water partition coefficient (Wildman–Crippen LogP) is 2.61. The van der Waals surface area contributed by atoms with Crippen LogP contribution in [0.5, 0.6) is 0 Å². The highest BCUT2D eigenvalue weighted by Crippen LogP contribution is 2.36. The normalized spacial score (nSPS) is 13.5. The van der Waals surface area contributed by atoms with Crippen molar-refractivity contribution in [2.45, 2.75) is 12.8 Å². The lowest BCUT2D eigenvalue weighted by atomic mass is 10.1. The molecule has 0 saturated heterocycles. The van der Waals surface area contributed by atoms with Crippen molar-refractivity contribution < 1.29 is 4.79 Å². The van der Waals surface area contributed by atoms with E-state index in [-0.39, 0.29) is 11.8 Å². The van der Waals surface area contributed by atoms with E-state index in [1.54, 1.807) is 29.2 Å². The number of hydrogen-bond donors (Lipinski definition) is 1. The van der Waals surface area contributed by atoms with Crippen LogP contribution < -0.4 is 5.32 Å². The van der Waals surface area contributed by atoms with E-state index in [2.05, 4.69) is 26.5 Å². The fourth-order valence-corrected chi connectivity index (χ4v) is 3.23. The standard InChI is InChI=1S/C16H12N6OS/c17-7-10-2-1-3-12(6-10)13-15(22-9-18-8-19-22)24-16(20-13)21-14(23)11-4-5-11/h1-3,6,8-9,11H,4-5H2,(H,20,21,23). The molecule has 3 aromatic rings. The van der Waals surface area contributed by atoms with Crippen LogP contribution in [0.4, 0.5) is 5.13 Å². The average Bonchev–Trinajstić information content (AvgIpc) is 3.16. The first kappa shape index (κ1) is 14.5. The van der Waals surface area contributed by atoms with Crippen molar-refractivity contribution in [1.82, 2.24) is 19.7 Å². The quantitative estimate of drug-likeness (QED) is 0.790. The minimum absolute atomic E-state index is 0.00576. The Kier molecular flexibility index (Phi) is 3.55. The molecule has 1 saturated carbocycles. The predicted molar refractivity (Wildman–Crippen MR) is 88.5 cm³/mol. The summed E-state index contributed by atoms with van der Waals surface area (Å²) >= 11 is 1.33. The number of carbonyl (C=O) groups excluding carboxylic acids is 1. The number of nitriles is 1. The highest BCUT2D eigenvalue weighted by Gasteiger charge is 2.30. The van der Waals surface area contributed by atoms with Gasteiger partial charge in [0.2, 0.25) is 5.91 Å². The molecule has 7 nitrogen and oxygen atoms in total. The van der Waals surface area contributed by atoms with Gasteiger partial charge in [0.25, 0.3) is 0 Å². The van der Waals surface area contributed by atoms with Crippen LogP contribution in [-0.4, -0.2) is 25.7 Å². The van der Waals surface area contributed by atoms with E-state index in [0.717, 1.165) is 23.4 Å². The Morgan fingerprint density at radius 3 is 3.00 bits per heavy atom. The molecule has 0 unspecified atom stereocenters. The molecule has 1 aromatic carbocycles. The summed E-state index contributed by atoms with van der Waals surface area (Å²) in [5.41, 5.74) is 2.00. The largest absolute Gasteiger partial charge is 0.302 e. The van der Waals surface area contributed by atoms with Crippen LogP contribution in [0, 0.1) is 17.2 Å². The van der Waals surface area contributed by atoms with Crippen molar-refractivity contribution >= 4 is 22.4 Å². The van der Waals surface area contributed by atoms with Crippen LogP contribution in [0.15, 0.2) is 36.9 Å². The minimum Gasteiger partial charge on any atom is -0.302 e. The molecule has 0 atom stereocenters. The second-order valence-electron chi connectivity index (χ2n) is 5.47. The molecule has 0 aliphatic heterocycles. The maximum Gasteiger partial charge on any atom is 0.229 e. The number of nitrogens with one attached hydrogen (secondary N) is 1. The first-order valence-corrected chi connectivity index (χ1v) is 8.23. The zero-order chi connectivity index (χ0) is 16.5. The number of rotatable bonds is 4. The van der Waals surface area contributed by atoms with Gasteiger partial charge in [-0.15, -0.1) is 0 Å². The Labute approximate surface area is 141 Å². The van der Waals surface area contributed by atoms with E-state index in [9.17, 15) is 4.79 Å². The van der Waals surface area contributed by atoms with E-state index in [1.807, 2.05) is 6.07 Å². The number of nitrogens with zero attached hydrogens (tertiary/aromatic N) is 5. The first-order chi connectivity index (χ1) is 11.7. The van der Waals surface area contributed by atoms with Gasteiger partial charge in [-0.3, -0.25) is 4.79 Å². The molecule has 1 aliphatic rings. The van der Waals surface area contributed by atoms with Gasteiger partial charge >= 0.3 is 0 Å². The summed E-state index contributed by atoms with van der Waals surface area (Å²) < 4.78 is 1.61. The van der Waals surface area contributed by atoms with Gasteiger partial charge in [-0.2, -0.15) is 10.4 Å². The second kappa shape index (κ2) is 5.86. The SMILES string of the molecule is N#Cc1cccc(-c2nc(NC(=O)C3CC3)sc2-n2cncn2)c1. The molecule has 0 spiro atoms. The van der Waals surface area contributed by atoms with Crippen LogP contribution in [0.25, 0.3) is 16.3 Å². The molecule has 1 N–H and O–H groups in total. The third-order valence-corrected chi connectivity index (χ3v) is 4.64. The number of benzene rings is 1. The lowest BCUT2D eigenvalue weighted by Crippen LogP contribution is -2.12. The van der Waals surface area contributed by atoms with Crippen LogP contribution >= 0.6 is 11.3 Å². The number of amides is 1. The molecule has 1 fully saturated rings. The second-order valence-corrected chi connectivity index (χ2v) is 6.45. The van der Waals surface area contributed by atoms with E-state index in [4.69, 9.17) is 5.26 Å². The Bertz CT molecular complexity index is 936. The Morgan fingerprint density at radius 2 is 2.29 bits per heavy atom. The molecule has 8 heteroatoms. The average molecular weight is 336 g/mol. The van der Waals surface area contributed by atoms with Gasteiger partial charge in [-0.05, 0) is 25.0 Å². The summed E-state index contributed by atoms with van der Waals surface area (Å²) in [5, 5.41) is 17.4. The minimum atomic E-state index is 0.00576. The summed E-state index contributed by atoms with van der Waals surface area (Å²) in [6, 6.07) is 9.31. The van der Waals surface area contributed by atoms with Crippen molar-refractivity contribution in [3.05, 3.63) is 42.5 Å². The number of hydrogen-bond acceptors (Lipinski definition) is 6. The Hall–Kier alpha value is -3.05. The summed E-state index contributed by atoms with van der Waals surface area (Å²) in [4.78, 5) is 20.5. The van der Waals surface area contributed by atoms with Crippen LogP contribution in [0.1, 0.15) is 18.4 Å². The molecule has 24 heavy (non-hydrogen) atoms. The van der Waals surface area contributed by atoms with Gasteiger partial charge in [-0.1, -0.05) is 23.5 Å². The maximum absolute atomic E-state index is 12.0. The monoisotopic (exact) mass is 336 g/mol. The van der Waals surface area contributed by atoms with E-state index in [0.29, 0.717) is 16.4 Å². The maximum atomic E-state index is 12.0. The lowest BCUT2D eigenvalue weighted by molar-refractivity contribution is -0.117. The van der Waals surface area contributed by atoms with Crippen LogP contribution in [0.2, 0.25) is 0 Å². The molecule has 118 valence electrons. The molecular weight excluding hydrogens is 324 g/mol. The van der Waals surface area contributed by atoms with Crippen LogP contribution in [-0.2, 0) is 4.79 Å². The third kappa shape index (κ3) is 2.77. The molecule has 0 radical (unpaired) electrons. The number of thiazole rings is 1. The van der Waals surface area contributed by atoms with E-state index >= 15 is 0 Å². The molecule has 0 bridgehead atoms. The zero-order valence-corrected chi connectivity index (χ0v) is 13.3. The summed E-state index contributed by atoms with van der Waals surface area (Å²) in [5.74, 6) is 0.111. The van der Waals surface area contributed by atoms with Crippen LogP contribution in [0.3, 0.4) is 0 Å². The fourth-order valence-electron chi connectivity index (χ4n) is 2.31.